The van der Waals surface area contributed by atoms with E-state index in [-0.39, 0.29) is 11.9 Å². The molecule has 1 aromatic rings. The lowest BCUT2D eigenvalue weighted by Gasteiger charge is -2.12. The highest BCUT2D eigenvalue weighted by Crippen LogP contribution is 2.20. The lowest BCUT2D eigenvalue weighted by Crippen LogP contribution is -2.37. The van der Waals surface area contributed by atoms with Gasteiger partial charge < -0.3 is 11.1 Å². The van der Waals surface area contributed by atoms with E-state index in [1.165, 1.54) is 0 Å². The van der Waals surface area contributed by atoms with Crippen molar-refractivity contribution in [3.05, 3.63) is 33.8 Å². The first-order chi connectivity index (χ1) is 7.06. The van der Waals surface area contributed by atoms with Crippen molar-refractivity contribution in [2.75, 3.05) is 6.54 Å². The molecule has 82 valence electrons. The Kier molecular flexibility index (Phi) is 4.29. The molecule has 1 amide bonds. The molecular formula is C11H15BrN2O. The monoisotopic (exact) mass is 270 g/mol. The molecule has 0 saturated carbocycles. The molecule has 1 atom stereocenters. The van der Waals surface area contributed by atoms with E-state index < -0.39 is 0 Å². The topological polar surface area (TPSA) is 55.1 Å². The second kappa shape index (κ2) is 5.28. The van der Waals surface area contributed by atoms with Crippen molar-refractivity contribution < 1.29 is 4.79 Å². The fourth-order valence-electron chi connectivity index (χ4n) is 1.18. The normalized spacial score (nSPS) is 12.3. The van der Waals surface area contributed by atoms with Gasteiger partial charge in [-0.15, -0.1) is 0 Å². The minimum Gasteiger partial charge on any atom is -0.348 e. The molecule has 3 N–H and O–H groups in total. The Labute approximate surface area is 98.2 Å². The summed E-state index contributed by atoms with van der Waals surface area (Å²) in [6.07, 6.45) is 0. The molecule has 1 aromatic carbocycles. The molecule has 0 aromatic heterocycles. The first-order valence-electron chi connectivity index (χ1n) is 4.82. The number of halogens is 1. The molecule has 0 fully saturated rings. The van der Waals surface area contributed by atoms with Gasteiger partial charge >= 0.3 is 0 Å². The van der Waals surface area contributed by atoms with Gasteiger partial charge in [0.05, 0.1) is 5.56 Å². The molecule has 3 nitrogen and oxygen atoms in total. The molecule has 0 spiro atoms. The maximum atomic E-state index is 11.8. The first kappa shape index (κ1) is 12.2. The molecule has 15 heavy (non-hydrogen) atoms. The molecule has 0 unspecified atom stereocenters. The van der Waals surface area contributed by atoms with Gasteiger partial charge in [-0.25, -0.2) is 0 Å². The van der Waals surface area contributed by atoms with E-state index in [9.17, 15) is 4.79 Å². The smallest absolute Gasteiger partial charge is 0.252 e. The third-order valence-electron chi connectivity index (χ3n) is 2.17. The van der Waals surface area contributed by atoms with Gasteiger partial charge in [-0.2, -0.15) is 0 Å². The van der Waals surface area contributed by atoms with Gasteiger partial charge in [-0.1, -0.05) is 12.1 Å². The standard InChI is InChI=1S/C11H15BrN2O/c1-7-4-3-5-9(10(7)12)11(15)14-8(2)6-13/h3-5,8H,6,13H2,1-2H3,(H,14,15)/t8-/m1/s1. The minimum absolute atomic E-state index is 0.00934. The molecule has 0 aliphatic heterocycles. The molecule has 0 bridgehead atoms. The summed E-state index contributed by atoms with van der Waals surface area (Å²) in [5.74, 6) is -0.0940. The fourth-order valence-corrected chi connectivity index (χ4v) is 1.63. The fraction of sp³-hybridized carbons (Fsp3) is 0.364. The maximum absolute atomic E-state index is 11.8. The van der Waals surface area contributed by atoms with Gasteiger partial charge in [-0.05, 0) is 41.4 Å². The summed E-state index contributed by atoms with van der Waals surface area (Å²) in [5, 5.41) is 2.82. The van der Waals surface area contributed by atoms with Crippen LogP contribution in [-0.4, -0.2) is 18.5 Å². The van der Waals surface area contributed by atoms with Crippen LogP contribution in [0.5, 0.6) is 0 Å². The lowest BCUT2D eigenvalue weighted by molar-refractivity contribution is 0.0940. The first-order valence-corrected chi connectivity index (χ1v) is 5.61. The lowest BCUT2D eigenvalue weighted by atomic mass is 10.1. The van der Waals surface area contributed by atoms with E-state index in [0.717, 1.165) is 10.0 Å². The summed E-state index contributed by atoms with van der Waals surface area (Å²) in [7, 11) is 0. The Morgan fingerprint density at radius 3 is 2.87 bits per heavy atom. The van der Waals surface area contributed by atoms with Crippen molar-refractivity contribution in [2.45, 2.75) is 19.9 Å². The molecule has 0 aliphatic rings. The van der Waals surface area contributed by atoms with Gasteiger partial charge in [0.15, 0.2) is 0 Å². The van der Waals surface area contributed by atoms with Crippen LogP contribution in [-0.2, 0) is 0 Å². The highest BCUT2D eigenvalue weighted by Gasteiger charge is 2.12. The minimum atomic E-state index is -0.0940. The predicted octanol–water partition coefficient (Wildman–Crippen LogP) is 1.83. The van der Waals surface area contributed by atoms with Crippen LogP contribution in [0.1, 0.15) is 22.8 Å². The Morgan fingerprint density at radius 1 is 1.60 bits per heavy atom. The van der Waals surface area contributed by atoms with Crippen LogP contribution in [0.4, 0.5) is 0 Å². The summed E-state index contributed by atoms with van der Waals surface area (Å²) in [4.78, 5) is 11.8. The number of aryl methyl sites for hydroxylation is 1. The van der Waals surface area contributed by atoms with Crippen LogP contribution in [0, 0.1) is 6.92 Å². The molecule has 0 aliphatic carbocycles. The zero-order valence-corrected chi connectivity index (χ0v) is 10.5. The van der Waals surface area contributed by atoms with Gasteiger partial charge in [0.2, 0.25) is 0 Å². The second-order valence-electron chi connectivity index (χ2n) is 3.55. The van der Waals surface area contributed by atoms with Gasteiger partial charge in [0, 0.05) is 17.1 Å². The van der Waals surface area contributed by atoms with Crippen molar-refractivity contribution in [3.8, 4) is 0 Å². The van der Waals surface area contributed by atoms with Crippen LogP contribution < -0.4 is 11.1 Å². The van der Waals surface area contributed by atoms with E-state index in [2.05, 4.69) is 21.2 Å². The van der Waals surface area contributed by atoms with E-state index >= 15 is 0 Å². The number of hydrogen-bond donors (Lipinski definition) is 2. The van der Waals surface area contributed by atoms with Crippen LogP contribution in [0.25, 0.3) is 0 Å². The summed E-state index contributed by atoms with van der Waals surface area (Å²) < 4.78 is 0.840. The molecule has 0 heterocycles. The molecule has 4 heteroatoms. The number of benzene rings is 1. The van der Waals surface area contributed by atoms with E-state index in [1.54, 1.807) is 6.07 Å². The number of nitrogens with one attached hydrogen (secondary N) is 1. The summed E-state index contributed by atoms with van der Waals surface area (Å²) in [6, 6.07) is 5.59. The highest BCUT2D eigenvalue weighted by molar-refractivity contribution is 9.10. The highest BCUT2D eigenvalue weighted by atomic mass is 79.9. The van der Waals surface area contributed by atoms with Crippen molar-refractivity contribution in [3.63, 3.8) is 0 Å². The number of carbonyl (C=O) groups excluding carboxylic acids is 1. The SMILES string of the molecule is Cc1cccc(C(=O)N[C@H](C)CN)c1Br. The average molecular weight is 271 g/mol. The molecule has 1 rings (SSSR count). The van der Waals surface area contributed by atoms with Gasteiger partial charge in [0.1, 0.15) is 0 Å². The Morgan fingerprint density at radius 2 is 2.27 bits per heavy atom. The third-order valence-corrected chi connectivity index (χ3v) is 3.22. The summed E-state index contributed by atoms with van der Waals surface area (Å²) in [6.45, 7) is 4.27. The molecule has 0 saturated heterocycles. The summed E-state index contributed by atoms with van der Waals surface area (Å²) >= 11 is 3.40. The number of rotatable bonds is 3. The maximum Gasteiger partial charge on any atom is 0.252 e. The largest absolute Gasteiger partial charge is 0.348 e. The Bertz CT molecular complexity index is 366. The average Bonchev–Trinajstić information content (AvgIpc) is 2.21. The van der Waals surface area contributed by atoms with E-state index in [1.807, 2.05) is 26.0 Å². The number of carbonyl (C=O) groups is 1. The number of nitrogens with two attached hydrogens (primary N) is 1. The van der Waals surface area contributed by atoms with Crippen LogP contribution in [0.15, 0.2) is 22.7 Å². The van der Waals surface area contributed by atoms with Crippen LogP contribution in [0.2, 0.25) is 0 Å². The van der Waals surface area contributed by atoms with Crippen LogP contribution >= 0.6 is 15.9 Å². The molecular weight excluding hydrogens is 256 g/mol. The van der Waals surface area contributed by atoms with Crippen molar-refractivity contribution in [2.24, 2.45) is 5.73 Å². The zero-order valence-electron chi connectivity index (χ0n) is 8.88. The Hall–Kier alpha value is -0.870. The van der Waals surface area contributed by atoms with Gasteiger partial charge in [-0.3, -0.25) is 4.79 Å². The van der Waals surface area contributed by atoms with Crippen molar-refractivity contribution in [1.29, 1.82) is 0 Å². The zero-order chi connectivity index (χ0) is 11.4. The Balaban J connectivity index is 2.87. The molecule has 0 radical (unpaired) electrons. The number of amides is 1. The van der Waals surface area contributed by atoms with E-state index in [4.69, 9.17) is 5.73 Å². The second-order valence-corrected chi connectivity index (χ2v) is 4.34. The quantitative estimate of drug-likeness (QED) is 0.881. The van der Waals surface area contributed by atoms with E-state index in [0.29, 0.717) is 12.1 Å². The number of hydrogen-bond acceptors (Lipinski definition) is 2. The summed E-state index contributed by atoms with van der Waals surface area (Å²) in [5.41, 5.74) is 7.13. The van der Waals surface area contributed by atoms with Gasteiger partial charge in [0.25, 0.3) is 5.91 Å². The third kappa shape index (κ3) is 3.04. The van der Waals surface area contributed by atoms with Crippen molar-refractivity contribution in [1.82, 2.24) is 5.32 Å². The van der Waals surface area contributed by atoms with Crippen LogP contribution in [0.3, 0.4) is 0 Å². The predicted molar refractivity (Wildman–Crippen MR) is 64.9 cm³/mol. The van der Waals surface area contributed by atoms with Crippen molar-refractivity contribution >= 4 is 21.8 Å².